The van der Waals surface area contributed by atoms with Gasteiger partial charge in [-0.2, -0.15) is 0 Å². The van der Waals surface area contributed by atoms with Gasteiger partial charge in [-0.3, -0.25) is 4.79 Å². The molecule has 0 aliphatic heterocycles. The lowest BCUT2D eigenvalue weighted by Gasteiger charge is -2.10. The fourth-order valence-corrected chi connectivity index (χ4v) is 3.83. The number of hydrogen-bond acceptors (Lipinski definition) is 6. The molecule has 0 aliphatic carbocycles. The third kappa shape index (κ3) is 5.08. The van der Waals surface area contributed by atoms with Crippen molar-refractivity contribution in [1.82, 2.24) is 14.5 Å². The fourth-order valence-electron chi connectivity index (χ4n) is 3.83. The molecule has 7 nitrogen and oxygen atoms in total. The van der Waals surface area contributed by atoms with E-state index < -0.39 is 0 Å². The second-order valence-electron chi connectivity index (χ2n) is 8.00. The Bertz CT molecular complexity index is 1260. The number of aromatic nitrogens is 3. The molecule has 4 aromatic rings. The maximum atomic E-state index is 11.5. The van der Waals surface area contributed by atoms with Crippen molar-refractivity contribution in [1.29, 1.82) is 0 Å². The van der Waals surface area contributed by atoms with Crippen molar-refractivity contribution in [3.05, 3.63) is 65.3 Å². The third-order valence-corrected chi connectivity index (χ3v) is 5.53. The van der Waals surface area contributed by atoms with Gasteiger partial charge in [-0.05, 0) is 57.9 Å². The van der Waals surface area contributed by atoms with Crippen LogP contribution in [-0.2, 0) is 16.1 Å². The fraction of sp³-hybridized carbons (Fsp3) is 0.346. The number of nitrogens with zero attached hydrogens (tertiary/aromatic N) is 3. The quantitative estimate of drug-likeness (QED) is 0.253. The molecule has 33 heavy (non-hydrogen) atoms. The monoisotopic (exact) mass is 447 g/mol. The topological polar surface area (TPSA) is 79.4 Å². The highest BCUT2D eigenvalue weighted by Gasteiger charge is 2.17. The molecule has 2 aromatic carbocycles. The zero-order chi connectivity index (χ0) is 23.4. The van der Waals surface area contributed by atoms with Gasteiger partial charge in [-0.15, -0.1) is 0 Å². The molecule has 2 heterocycles. The van der Waals surface area contributed by atoms with E-state index in [-0.39, 0.29) is 5.97 Å². The lowest BCUT2D eigenvalue weighted by Crippen LogP contribution is -2.07. The van der Waals surface area contributed by atoms with Gasteiger partial charge < -0.3 is 18.5 Å². The first-order chi connectivity index (χ1) is 16.0. The number of rotatable bonds is 9. The Morgan fingerprint density at radius 1 is 1.09 bits per heavy atom. The van der Waals surface area contributed by atoms with Crippen LogP contribution in [0.3, 0.4) is 0 Å². The summed E-state index contributed by atoms with van der Waals surface area (Å²) < 4.78 is 19.0. The average molecular weight is 448 g/mol. The molecule has 172 valence electrons. The van der Waals surface area contributed by atoms with E-state index in [4.69, 9.17) is 23.9 Å². The minimum Gasteiger partial charge on any atom is -0.493 e. The molecular weight excluding hydrogens is 418 g/mol. The molecule has 0 amide bonds. The summed E-state index contributed by atoms with van der Waals surface area (Å²) in [5.74, 6) is 2.87. The Hall–Kier alpha value is -3.61. The molecule has 4 rings (SSSR count). The Kier molecular flexibility index (Phi) is 6.77. The van der Waals surface area contributed by atoms with Crippen LogP contribution in [0, 0.1) is 20.8 Å². The molecule has 0 N–H and O–H groups in total. The van der Waals surface area contributed by atoms with Gasteiger partial charge in [0.05, 0.1) is 30.8 Å². The van der Waals surface area contributed by atoms with Crippen molar-refractivity contribution in [2.75, 3.05) is 13.2 Å². The molecule has 0 fully saturated rings. The highest BCUT2D eigenvalue weighted by molar-refractivity contribution is 5.81. The molecule has 0 saturated carbocycles. The summed E-state index contributed by atoms with van der Waals surface area (Å²) in [5, 5.41) is 0. The highest BCUT2D eigenvalue weighted by Crippen LogP contribution is 2.28. The SMILES string of the molecule is CCOC(=O)CCCOc1cc(C)c2nc(C)n(Cc3nc(-c4ccccc4)oc3C)c2c1. The van der Waals surface area contributed by atoms with Crippen LogP contribution in [0.15, 0.2) is 46.9 Å². The maximum Gasteiger partial charge on any atom is 0.305 e. The van der Waals surface area contributed by atoms with Crippen LogP contribution in [0.25, 0.3) is 22.5 Å². The van der Waals surface area contributed by atoms with Gasteiger partial charge >= 0.3 is 5.97 Å². The number of benzene rings is 2. The van der Waals surface area contributed by atoms with Crippen LogP contribution in [0.4, 0.5) is 0 Å². The van der Waals surface area contributed by atoms with Crippen molar-refractivity contribution < 1.29 is 18.7 Å². The van der Waals surface area contributed by atoms with E-state index in [9.17, 15) is 4.79 Å². The predicted molar refractivity (Wildman–Crippen MR) is 126 cm³/mol. The molecule has 0 bridgehead atoms. The number of esters is 1. The Labute approximate surface area is 193 Å². The van der Waals surface area contributed by atoms with Gasteiger partial charge in [0.1, 0.15) is 23.0 Å². The van der Waals surface area contributed by atoms with Crippen molar-refractivity contribution in [3.8, 4) is 17.2 Å². The number of carbonyl (C=O) groups excluding carboxylic acids is 1. The first-order valence-electron chi connectivity index (χ1n) is 11.2. The highest BCUT2D eigenvalue weighted by atomic mass is 16.5. The third-order valence-electron chi connectivity index (χ3n) is 5.53. The lowest BCUT2D eigenvalue weighted by atomic mass is 10.2. The van der Waals surface area contributed by atoms with E-state index in [0.29, 0.717) is 38.5 Å². The number of imidazole rings is 1. The second-order valence-corrected chi connectivity index (χ2v) is 8.00. The van der Waals surface area contributed by atoms with E-state index in [0.717, 1.165) is 45.2 Å². The Morgan fingerprint density at radius 3 is 2.64 bits per heavy atom. The molecule has 0 unspecified atom stereocenters. The molecule has 2 aromatic heterocycles. The van der Waals surface area contributed by atoms with Gasteiger partial charge in [-0.25, -0.2) is 9.97 Å². The zero-order valence-corrected chi connectivity index (χ0v) is 19.6. The summed E-state index contributed by atoms with van der Waals surface area (Å²) in [4.78, 5) is 21.0. The molecule has 0 atom stereocenters. The van der Waals surface area contributed by atoms with Crippen molar-refractivity contribution in [2.45, 2.75) is 47.1 Å². The number of aryl methyl sites for hydroxylation is 3. The van der Waals surface area contributed by atoms with Crippen molar-refractivity contribution in [3.63, 3.8) is 0 Å². The molecule has 7 heteroatoms. The molecular formula is C26H29N3O4. The van der Waals surface area contributed by atoms with Crippen molar-refractivity contribution >= 4 is 17.0 Å². The number of hydrogen-bond donors (Lipinski definition) is 0. The summed E-state index contributed by atoms with van der Waals surface area (Å²) in [7, 11) is 0. The van der Waals surface area contributed by atoms with Gasteiger partial charge in [0, 0.05) is 18.1 Å². The van der Waals surface area contributed by atoms with Gasteiger partial charge in [0.2, 0.25) is 5.89 Å². The van der Waals surface area contributed by atoms with Crippen LogP contribution in [-0.4, -0.2) is 33.7 Å². The van der Waals surface area contributed by atoms with E-state index in [2.05, 4.69) is 4.57 Å². The number of ether oxygens (including phenoxy) is 2. The number of fused-ring (bicyclic) bond motifs is 1. The average Bonchev–Trinajstić information content (AvgIpc) is 3.32. The van der Waals surface area contributed by atoms with Crippen LogP contribution >= 0.6 is 0 Å². The Balaban J connectivity index is 1.55. The normalized spacial score (nSPS) is 11.2. The van der Waals surface area contributed by atoms with Crippen LogP contribution in [0.5, 0.6) is 5.75 Å². The molecule has 0 spiro atoms. The van der Waals surface area contributed by atoms with E-state index in [1.165, 1.54) is 0 Å². The summed E-state index contributed by atoms with van der Waals surface area (Å²) in [5.41, 5.74) is 4.78. The number of oxazole rings is 1. The second kappa shape index (κ2) is 9.90. The van der Waals surface area contributed by atoms with Crippen LogP contribution in [0.1, 0.15) is 42.6 Å². The molecule has 0 aliphatic rings. The first-order valence-corrected chi connectivity index (χ1v) is 11.2. The summed E-state index contributed by atoms with van der Waals surface area (Å²) >= 11 is 0. The van der Waals surface area contributed by atoms with Crippen LogP contribution in [0.2, 0.25) is 0 Å². The van der Waals surface area contributed by atoms with Crippen LogP contribution < -0.4 is 4.74 Å². The standard InChI is InChI=1S/C26H29N3O4/c1-5-31-24(30)12-9-13-32-21-14-17(2)25-23(15-21)29(19(4)27-25)16-22-18(3)33-26(28-22)20-10-7-6-8-11-20/h6-8,10-11,14-15H,5,9,12-13,16H2,1-4H3. The number of carbonyl (C=O) groups is 1. The largest absolute Gasteiger partial charge is 0.493 e. The van der Waals surface area contributed by atoms with E-state index in [1.807, 2.05) is 63.2 Å². The Morgan fingerprint density at radius 2 is 1.88 bits per heavy atom. The smallest absolute Gasteiger partial charge is 0.305 e. The minimum atomic E-state index is -0.195. The predicted octanol–water partition coefficient (Wildman–Crippen LogP) is 5.39. The minimum absolute atomic E-state index is 0.195. The van der Waals surface area contributed by atoms with Gasteiger partial charge in [-0.1, -0.05) is 18.2 Å². The summed E-state index contributed by atoms with van der Waals surface area (Å²) in [6.45, 7) is 9.16. The maximum absolute atomic E-state index is 11.5. The van der Waals surface area contributed by atoms with Crippen molar-refractivity contribution in [2.24, 2.45) is 0 Å². The lowest BCUT2D eigenvalue weighted by molar-refractivity contribution is -0.143. The first kappa shape index (κ1) is 22.6. The van der Waals surface area contributed by atoms with Gasteiger partial charge in [0.25, 0.3) is 0 Å². The van der Waals surface area contributed by atoms with Gasteiger partial charge in [0.15, 0.2) is 0 Å². The van der Waals surface area contributed by atoms with E-state index in [1.54, 1.807) is 6.92 Å². The molecule has 0 radical (unpaired) electrons. The summed E-state index contributed by atoms with van der Waals surface area (Å²) in [6, 6.07) is 13.9. The molecule has 0 saturated heterocycles. The zero-order valence-electron chi connectivity index (χ0n) is 19.6. The summed E-state index contributed by atoms with van der Waals surface area (Å²) in [6.07, 6.45) is 0.954. The van der Waals surface area contributed by atoms with E-state index >= 15 is 0 Å².